The van der Waals surface area contributed by atoms with Gasteiger partial charge < -0.3 is 16.2 Å². The number of primary amides is 1. The predicted molar refractivity (Wildman–Crippen MR) is 61.1 cm³/mol. The minimum absolute atomic E-state index is 0.694. The standard InChI is InChI=1S/C10H12N2.CH3NO2/c1-2-4-9-7(3-1)8-5-6-11-10(8)12-9;2-1(3)4/h1-2,4,7-8H,3,5-6H2,(H,11,12);2H2,(H,3,4). The smallest absolute Gasteiger partial charge is 0.402 e. The summed E-state index contributed by atoms with van der Waals surface area (Å²) in [5.74, 6) is 2.65. The van der Waals surface area contributed by atoms with Gasteiger partial charge in [-0.05, 0) is 18.9 Å². The van der Waals surface area contributed by atoms with Crippen LogP contribution in [0.25, 0.3) is 0 Å². The van der Waals surface area contributed by atoms with E-state index in [1.807, 2.05) is 0 Å². The molecule has 5 heteroatoms. The second kappa shape index (κ2) is 4.38. The molecule has 5 nitrogen and oxygen atoms in total. The summed E-state index contributed by atoms with van der Waals surface area (Å²) in [5, 5.41) is 10.6. The number of amides is 1. The third kappa shape index (κ3) is 2.08. The van der Waals surface area contributed by atoms with Crippen LogP contribution in [0.4, 0.5) is 4.79 Å². The molecule has 1 fully saturated rings. The third-order valence-corrected chi connectivity index (χ3v) is 3.02. The van der Waals surface area contributed by atoms with Gasteiger partial charge in [-0.1, -0.05) is 12.2 Å². The molecule has 3 aliphatic rings. The van der Waals surface area contributed by atoms with E-state index in [0.29, 0.717) is 11.8 Å². The van der Waals surface area contributed by atoms with Crippen LogP contribution in [-0.4, -0.2) is 23.6 Å². The largest absolute Gasteiger partial charge is 0.465 e. The Morgan fingerprint density at radius 3 is 3.06 bits per heavy atom. The highest BCUT2D eigenvalue weighted by Crippen LogP contribution is 2.38. The molecule has 16 heavy (non-hydrogen) atoms. The number of fused-ring (bicyclic) bond motifs is 3. The summed E-state index contributed by atoms with van der Waals surface area (Å²) in [6.45, 7) is 1.12. The summed E-state index contributed by atoms with van der Waals surface area (Å²) in [6, 6.07) is 0. The molecular weight excluding hydrogens is 206 g/mol. The fourth-order valence-electron chi connectivity index (χ4n) is 2.40. The summed E-state index contributed by atoms with van der Waals surface area (Å²) in [6.07, 6.45) is 7.66. The van der Waals surface area contributed by atoms with Gasteiger partial charge in [0.05, 0.1) is 0 Å². The Balaban J connectivity index is 0.000000212. The molecule has 1 aliphatic carbocycles. The average molecular weight is 221 g/mol. The average Bonchev–Trinajstić information content (AvgIpc) is 2.75. The van der Waals surface area contributed by atoms with Gasteiger partial charge in [-0.3, -0.25) is 0 Å². The van der Waals surface area contributed by atoms with Crippen LogP contribution in [0, 0.1) is 11.8 Å². The molecular formula is C11H15N3O2. The lowest BCUT2D eigenvalue weighted by molar-refractivity contribution is 0.205. The van der Waals surface area contributed by atoms with Crippen LogP contribution in [0.3, 0.4) is 0 Å². The molecule has 0 aromatic carbocycles. The molecule has 2 aliphatic heterocycles. The molecule has 86 valence electrons. The number of hydrogen-bond acceptors (Lipinski definition) is 3. The molecule has 1 amide bonds. The Hall–Kier alpha value is -1.78. The van der Waals surface area contributed by atoms with Gasteiger partial charge in [-0.15, -0.1) is 0 Å². The van der Waals surface area contributed by atoms with Crippen molar-refractivity contribution in [1.29, 1.82) is 0 Å². The Labute approximate surface area is 93.7 Å². The zero-order chi connectivity index (χ0) is 11.5. The quantitative estimate of drug-likeness (QED) is 0.572. The van der Waals surface area contributed by atoms with Gasteiger partial charge in [0, 0.05) is 24.1 Å². The lowest BCUT2D eigenvalue weighted by atomic mass is 9.86. The SMILES string of the molecule is C1=CCC2C(=C1)N=C1NCCC12.NC(=O)O. The maximum absolute atomic E-state index is 8.78. The van der Waals surface area contributed by atoms with E-state index in [-0.39, 0.29) is 0 Å². The van der Waals surface area contributed by atoms with E-state index in [2.05, 4.69) is 34.3 Å². The minimum Gasteiger partial charge on any atom is -0.465 e. The zero-order valence-electron chi connectivity index (χ0n) is 8.89. The summed E-state index contributed by atoms with van der Waals surface area (Å²) in [5.41, 5.74) is 5.32. The topological polar surface area (TPSA) is 87.7 Å². The summed E-state index contributed by atoms with van der Waals surface area (Å²) < 4.78 is 0. The first kappa shape index (κ1) is 10.7. The van der Waals surface area contributed by atoms with E-state index in [0.717, 1.165) is 6.54 Å². The Kier molecular flexibility index (Phi) is 2.94. The number of carbonyl (C=O) groups is 1. The van der Waals surface area contributed by atoms with Gasteiger partial charge in [-0.25, -0.2) is 9.79 Å². The summed E-state index contributed by atoms with van der Waals surface area (Å²) in [7, 11) is 0. The van der Waals surface area contributed by atoms with Crippen LogP contribution in [0.15, 0.2) is 28.9 Å². The van der Waals surface area contributed by atoms with E-state index in [4.69, 9.17) is 9.90 Å². The Bertz CT molecular complexity index is 381. The second-order valence-corrected chi connectivity index (χ2v) is 4.02. The number of aliphatic imine (C=N–C) groups is 1. The number of carboxylic acid groups (broad SMARTS) is 1. The first-order valence-corrected chi connectivity index (χ1v) is 5.36. The molecule has 0 aromatic rings. The van der Waals surface area contributed by atoms with Crippen LogP contribution in [0.2, 0.25) is 0 Å². The van der Waals surface area contributed by atoms with Crippen molar-refractivity contribution >= 4 is 11.9 Å². The normalized spacial score (nSPS) is 29.0. The highest BCUT2D eigenvalue weighted by molar-refractivity contribution is 5.90. The highest BCUT2D eigenvalue weighted by Gasteiger charge is 2.37. The van der Waals surface area contributed by atoms with Crippen molar-refractivity contribution in [2.24, 2.45) is 22.6 Å². The van der Waals surface area contributed by atoms with Gasteiger partial charge in [0.1, 0.15) is 5.84 Å². The van der Waals surface area contributed by atoms with Crippen LogP contribution in [0.1, 0.15) is 12.8 Å². The van der Waals surface area contributed by atoms with Crippen LogP contribution >= 0.6 is 0 Å². The van der Waals surface area contributed by atoms with Crippen molar-refractivity contribution in [3.63, 3.8) is 0 Å². The van der Waals surface area contributed by atoms with Crippen LogP contribution < -0.4 is 11.1 Å². The lowest BCUT2D eigenvalue weighted by Gasteiger charge is -2.16. The number of nitrogens with two attached hydrogens (primary N) is 1. The minimum atomic E-state index is -1.33. The maximum atomic E-state index is 8.78. The van der Waals surface area contributed by atoms with Gasteiger partial charge in [0.2, 0.25) is 0 Å². The Morgan fingerprint density at radius 1 is 1.56 bits per heavy atom. The molecule has 0 aromatic heterocycles. The molecule has 0 bridgehead atoms. The fourth-order valence-corrected chi connectivity index (χ4v) is 2.40. The maximum Gasteiger partial charge on any atom is 0.402 e. The molecule has 0 radical (unpaired) electrons. The summed E-state index contributed by atoms with van der Waals surface area (Å²) in [4.78, 5) is 13.4. The molecule has 0 saturated carbocycles. The molecule has 0 spiro atoms. The molecule has 3 rings (SSSR count). The molecule has 2 heterocycles. The number of amidine groups is 1. The van der Waals surface area contributed by atoms with E-state index in [9.17, 15) is 0 Å². The van der Waals surface area contributed by atoms with Crippen molar-refractivity contribution in [2.45, 2.75) is 12.8 Å². The van der Waals surface area contributed by atoms with Crippen molar-refractivity contribution in [3.05, 3.63) is 23.9 Å². The second-order valence-electron chi connectivity index (χ2n) is 4.02. The molecule has 4 N–H and O–H groups in total. The molecule has 2 unspecified atom stereocenters. The van der Waals surface area contributed by atoms with Crippen molar-refractivity contribution < 1.29 is 9.90 Å². The highest BCUT2D eigenvalue weighted by atomic mass is 16.4. The van der Waals surface area contributed by atoms with Crippen molar-refractivity contribution in [2.75, 3.05) is 6.54 Å². The van der Waals surface area contributed by atoms with Crippen LogP contribution in [0.5, 0.6) is 0 Å². The molecule has 2 atom stereocenters. The number of rotatable bonds is 0. The first-order chi connectivity index (χ1) is 7.68. The fraction of sp³-hybridized carbons (Fsp3) is 0.455. The van der Waals surface area contributed by atoms with Crippen LogP contribution in [-0.2, 0) is 0 Å². The van der Waals surface area contributed by atoms with E-state index >= 15 is 0 Å². The zero-order valence-corrected chi connectivity index (χ0v) is 8.89. The third-order valence-electron chi connectivity index (χ3n) is 3.02. The lowest BCUT2D eigenvalue weighted by Crippen LogP contribution is -2.19. The number of nitrogens with zero attached hydrogens (tertiary/aromatic N) is 1. The summed E-state index contributed by atoms with van der Waals surface area (Å²) >= 11 is 0. The Morgan fingerprint density at radius 2 is 2.31 bits per heavy atom. The number of allylic oxidation sites excluding steroid dienone is 4. The molecule has 1 saturated heterocycles. The van der Waals surface area contributed by atoms with Crippen molar-refractivity contribution in [1.82, 2.24) is 5.32 Å². The van der Waals surface area contributed by atoms with E-state index in [1.165, 1.54) is 24.4 Å². The van der Waals surface area contributed by atoms with Gasteiger partial charge in [0.15, 0.2) is 0 Å². The van der Waals surface area contributed by atoms with Gasteiger partial charge >= 0.3 is 6.09 Å². The predicted octanol–water partition coefficient (Wildman–Crippen LogP) is 1.09. The van der Waals surface area contributed by atoms with E-state index in [1.54, 1.807) is 0 Å². The number of hydrogen-bond donors (Lipinski definition) is 3. The van der Waals surface area contributed by atoms with Crippen molar-refractivity contribution in [3.8, 4) is 0 Å². The van der Waals surface area contributed by atoms with E-state index < -0.39 is 6.09 Å². The monoisotopic (exact) mass is 221 g/mol. The van der Waals surface area contributed by atoms with Gasteiger partial charge in [-0.2, -0.15) is 0 Å². The first-order valence-electron chi connectivity index (χ1n) is 5.36. The number of nitrogens with one attached hydrogen (secondary N) is 1. The van der Waals surface area contributed by atoms with Gasteiger partial charge in [0.25, 0.3) is 0 Å².